The molecule has 3 aromatic rings. The van der Waals surface area contributed by atoms with Crippen molar-refractivity contribution < 1.29 is 33.8 Å². The fourth-order valence-corrected chi connectivity index (χ4v) is 2.98. The van der Waals surface area contributed by atoms with Crippen molar-refractivity contribution in [3.63, 3.8) is 0 Å². The number of nitrogens with one attached hydrogen (secondary N) is 1. The molecular formula is C26H23NO7. The maximum atomic E-state index is 13.0. The average molecular weight is 461 g/mol. The number of rotatable bonds is 8. The molecule has 2 unspecified atom stereocenters. The number of carbonyl (C=O) groups is 4. The number of carboxylic acid groups (broad SMARTS) is 1. The summed E-state index contributed by atoms with van der Waals surface area (Å²) in [7, 11) is 0. The predicted octanol–water partition coefficient (Wildman–Crippen LogP) is 3.78. The molecular weight excluding hydrogens is 438 g/mol. The van der Waals surface area contributed by atoms with Gasteiger partial charge in [-0.1, -0.05) is 53.6 Å². The van der Waals surface area contributed by atoms with E-state index in [9.17, 15) is 24.3 Å². The lowest BCUT2D eigenvalue weighted by Gasteiger charge is -2.23. The fourth-order valence-electron chi connectivity index (χ4n) is 2.98. The number of para-hydroxylation sites is 1. The minimum Gasteiger partial charge on any atom is -0.478 e. The molecule has 0 aliphatic heterocycles. The highest BCUT2D eigenvalue weighted by Crippen LogP contribution is 2.16. The Morgan fingerprint density at radius 3 is 1.56 bits per heavy atom. The number of carbonyl (C=O) groups excluding carboxylic acids is 3. The van der Waals surface area contributed by atoms with E-state index in [4.69, 9.17) is 9.47 Å². The number of carboxylic acids is 1. The topological polar surface area (TPSA) is 119 Å². The van der Waals surface area contributed by atoms with E-state index < -0.39 is 36.0 Å². The van der Waals surface area contributed by atoms with Gasteiger partial charge in [-0.15, -0.1) is 0 Å². The lowest BCUT2D eigenvalue weighted by atomic mass is 10.1. The van der Waals surface area contributed by atoms with Crippen molar-refractivity contribution in [1.82, 2.24) is 0 Å². The van der Waals surface area contributed by atoms with Gasteiger partial charge in [0.25, 0.3) is 5.91 Å². The van der Waals surface area contributed by atoms with E-state index in [0.717, 1.165) is 11.1 Å². The van der Waals surface area contributed by atoms with Gasteiger partial charge in [-0.3, -0.25) is 4.79 Å². The summed E-state index contributed by atoms with van der Waals surface area (Å²) in [6, 6.07) is 20.8. The van der Waals surface area contributed by atoms with Gasteiger partial charge in [0.2, 0.25) is 12.2 Å². The second-order valence-corrected chi connectivity index (χ2v) is 7.58. The first kappa shape index (κ1) is 24.2. The summed E-state index contributed by atoms with van der Waals surface area (Å²) < 4.78 is 10.4. The number of hydrogen-bond acceptors (Lipinski definition) is 6. The van der Waals surface area contributed by atoms with Crippen LogP contribution in [0.4, 0.5) is 5.69 Å². The Bertz CT molecular complexity index is 1170. The SMILES string of the molecule is Cc1ccc(C(=O)OC(C(=O)O)C(OC(=O)c2ccc(C)cc2)C(=O)Nc2ccccc2)cc1. The van der Waals surface area contributed by atoms with Gasteiger partial charge < -0.3 is 19.9 Å². The van der Waals surface area contributed by atoms with Crippen molar-refractivity contribution >= 4 is 29.5 Å². The first-order valence-corrected chi connectivity index (χ1v) is 10.4. The average Bonchev–Trinajstić information content (AvgIpc) is 2.82. The second-order valence-electron chi connectivity index (χ2n) is 7.58. The summed E-state index contributed by atoms with van der Waals surface area (Å²) in [5.74, 6) is -4.52. The van der Waals surface area contributed by atoms with Crippen molar-refractivity contribution in [3.05, 3.63) is 101 Å². The van der Waals surface area contributed by atoms with Crippen LogP contribution in [0.25, 0.3) is 0 Å². The van der Waals surface area contributed by atoms with Gasteiger partial charge in [0, 0.05) is 5.69 Å². The van der Waals surface area contributed by atoms with Crippen LogP contribution >= 0.6 is 0 Å². The van der Waals surface area contributed by atoms with E-state index in [2.05, 4.69) is 5.32 Å². The summed E-state index contributed by atoms with van der Waals surface area (Å²) >= 11 is 0. The highest BCUT2D eigenvalue weighted by Gasteiger charge is 2.41. The number of hydrogen-bond donors (Lipinski definition) is 2. The summed E-state index contributed by atoms with van der Waals surface area (Å²) in [4.78, 5) is 50.3. The Hall–Kier alpha value is -4.46. The normalized spacial score (nSPS) is 12.2. The molecule has 0 aromatic heterocycles. The quantitative estimate of drug-likeness (QED) is 0.490. The number of amides is 1. The zero-order valence-electron chi connectivity index (χ0n) is 18.6. The van der Waals surface area contributed by atoms with Gasteiger partial charge in [-0.05, 0) is 50.2 Å². The maximum absolute atomic E-state index is 13.0. The fraction of sp³-hybridized carbons (Fsp3) is 0.154. The van der Waals surface area contributed by atoms with Crippen LogP contribution in [0.2, 0.25) is 0 Å². The third kappa shape index (κ3) is 6.29. The van der Waals surface area contributed by atoms with E-state index in [1.54, 1.807) is 54.6 Å². The van der Waals surface area contributed by atoms with Crippen molar-refractivity contribution in [2.45, 2.75) is 26.1 Å². The predicted molar refractivity (Wildman–Crippen MR) is 123 cm³/mol. The number of anilines is 1. The third-order valence-corrected chi connectivity index (χ3v) is 4.86. The van der Waals surface area contributed by atoms with E-state index in [-0.39, 0.29) is 11.1 Å². The molecule has 0 spiro atoms. The summed E-state index contributed by atoms with van der Waals surface area (Å²) in [5, 5.41) is 12.3. The molecule has 0 aliphatic rings. The lowest BCUT2D eigenvalue weighted by molar-refractivity contribution is -0.157. The first-order chi connectivity index (χ1) is 16.2. The highest BCUT2D eigenvalue weighted by molar-refractivity contribution is 6.01. The zero-order valence-corrected chi connectivity index (χ0v) is 18.6. The first-order valence-electron chi connectivity index (χ1n) is 10.4. The second kappa shape index (κ2) is 10.9. The summed E-state index contributed by atoms with van der Waals surface area (Å²) in [6.07, 6.45) is -4.05. The molecule has 0 saturated heterocycles. The smallest absolute Gasteiger partial charge is 0.349 e. The van der Waals surface area contributed by atoms with Crippen LogP contribution in [0, 0.1) is 13.8 Å². The molecule has 3 rings (SSSR count). The molecule has 0 bridgehead atoms. The highest BCUT2D eigenvalue weighted by atomic mass is 16.6. The number of aryl methyl sites for hydroxylation is 2. The molecule has 0 fully saturated rings. The maximum Gasteiger partial charge on any atom is 0.349 e. The van der Waals surface area contributed by atoms with Gasteiger partial charge >= 0.3 is 17.9 Å². The van der Waals surface area contributed by atoms with Crippen molar-refractivity contribution in [2.75, 3.05) is 5.32 Å². The Morgan fingerprint density at radius 2 is 1.12 bits per heavy atom. The van der Waals surface area contributed by atoms with Gasteiger partial charge in [0.1, 0.15) is 0 Å². The molecule has 0 radical (unpaired) electrons. The molecule has 0 aliphatic carbocycles. The third-order valence-electron chi connectivity index (χ3n) is 4.86. The summed E-state index contributed by atoms with van der Waals surface area (Å²) in [6.45, 7) is 3.65. The monoisotopic (exact) mass is 461 g/mol. The number of ether oxygens (including phenoxy) is 2. The molecule has 3 aromatic carbocycles. The van der Waals surface area contributed by atoms with E-state index in [1.807, 2.05) is 13.8 Å². The summed E-state index contributed by atoms with van der Waals surface area (Å²) in [5.41, 5.74) is 2.32. The van der Waals surface area contributed by atoms with Crippen molar-refractivity contribution in [2.24, 2.45) is 0 Å². The van der Waals surface area contributed by atoms with Crippen LogP contribution < -0.4 is 5.32 Å². The molecule has 8 nitrogen and oxygen atoms in total. The number of aliphatic carboxylic acids is 1. The number of esters is 2. The van der Waals surface area contributed by atoms with Crippen LogP contribution in [-0.4, -0.2) is 41.1 Å². The van der Waals surface area contributed by atoms with E-state index in [0.29, 0.717) is 5.69 Å². The van der Waals surface area contributed by atoms with Crippen molar-refractivity contribution in [3.8, 4) is 0 Å². The Kier molecular flexibility index (Phi) is 7.76. The molecule has 2 atom stereocenters. The lowest BCUT2D eigenvalue weighted by Crippen LogP contribution is -2.48. The molecule has 0 saturated carbocycles. The van der Waals surface area contributed by atoms with E-state index >= 15 is 0 Å². The van der Waals surface area contributed by atoms with Crippen LogP contribution in [0.3, 0.4) is 0 Å². The molecule has 2 N–H and O–H groups in total. The van der Waals surface area contributed by atoms with Gasteiger partial charge in [0.15, 0.2) is 0 Å². The van der Waals surface area contributed by atoms with Crippen LogP contribution in [0.5, 0.6) is 0 Å². The molecule has 34 heavy (non-hydrogen) atoms. The Balaban J connectivity index is 1.89. The molecule has 174 valence electrons. The van der Waals surface area contributed by atoms with E-state index in [1.165, 1.54) is 24.3 Å². The molecule has 8 heteroatoms. The zero-order chi connectivity index (χ0) is 24.7. The van der Waals surface area contributed by atoms with Crippen molar-refractivity contribution in [1.29, 1.82) is 0 Å². The van der Waals surface area contributed by atoms with Gasteiger partial charge in [-0.25, -0.2) is 14.4 Å². The molecule has 0 heterocycles. The largest absolute Gasteiger partial charge is 0.478 e. The van der Waals surface area contributed by atoms with Gasteiger partial charge in [0.05, 0.1) is 11.1 Å². The van der Waals surface area contributed by atoms with Gasteiger partial charge in [-0.2, -0.15) is 0 Å². The van der Waals surface area contributed by atoms with Crippen LogP contribution in [0.15, 0.2) is 78.9 Å². The van der Waals surface area contributed by atoms with Crippen LogP contribution in [-0.2, 0) is 19.1 Å². The van der Waals surface area contributed by atoms with Crippen LogP contribution in [0.1, 0.15) is 31.8 Å². The minimum absolute atomic E-state index is 0.0870. The minimum atomic E-state index is -2.09. The number of benzene rings is 3. The standard InChI is InChI=1S/C26H23NO7/c1-16-8-12-18(13-9-16)25(31)33-21(23(28)27-20-6-4-3-5-7-20)22(24(29)30)34-26(32)19-14-10-17(2)11-15-19/h3-15,21-22H,1-2H3,(H,27,28)(H,29,30). The Labute approximate surface area is 196 Å². The Morgan fingerprint density at radius 1 is 0.676 bits per heavy atom. The molecule has 1 amide bonds.